The van der Waals surface area contributed by atoms with Crippen LogP contribution in [0.5, 0.6) is 0 Å². The van der Waals surface area contributed by atoms with Crippen LogP contribution >= 0.6 is 27.7 Å². The van der Waals surface area contributed by atoms with E-state index in [2.05, 4.69) is 22.0 Å². The molecular formula is C16H12BrNO2S. The third-order valence-electron chi connectivity index (χ3n) is 2.88. The van der Waals surface area contributed by atoms with Crippen molar-refractivity contribution in [2.24, 2.45) is 0 Å². The molecule has 0 aromatic heterocycles. The third-order valence-corrected chi connectivity index (χ3v) is 4.71. The van der Waals surface area contributed by atoms with Crippen molar-refractivity contribution in [2.75, 3.05) is 0 Å². The number of aliphatic carboxylic acids is 1. The summed E-state index contributed by atoms with van der Waals surface area (Å²) in [5.41, 5.74) is 1.53. The van der Waals surface area contributed by atoms with E-state index >= 15 is 0 Å². The molecule has 0 aliphatic rings. The molecule has 1 N–H and O–H groups in total. The predicted molar refractivity (Wildman–Crippen MR) is 86.3 cm³/mol. The highest BCUT2D eigenvalue weighted by Crippen LogP contribution is 2.29. The lowest BCUT2D eigenvalue weighted by Crippen LogP contribution is -2.19. The Morgan fingerprint density at radius 1 is 1.29 bits per heavy atom. The Kier molecular flexibility index (Phi) is 5.43. The molecule has 5 heteroatoms. The van der Waals surface area contributed by atoms with E-state index in [9.17, 15) is 9.90 Å². The highest BCUT2D eigenvalue weighted by atomic mass is 79.9. The van der Waals surface area contributed by atoms with Crippen molar-refractivity contribution in [1.82, 2.24) is 0 Å². The third kappa shape index (κ3) is 4.35. The number of carboxylic acids is 1. The summed E-state index contributed by atoms with van der Waals surface area (Å²) in [6.07, 6.45) is 0.457. The van der Waals surface area contributed by atoms with Gasteiger partial charge in [-0.1, -0.05) is 30.3 Å². The van der Waals surface area contributed by atoms with E-state index in [4.69, 9.17) is 5.26 Å². The van der Waals surface area contributed by atoms with E-state index in [-0.39, 0.29) is 0 Å². The Bertz CT molecular complexity index is 682. The predicted octanol–water partition coefficient (Wildman–Crippen LogP) is 4.11. The van der Waals surface area contributed by atoms with Crippen LogP contribution in [0.4, 0.5) is 0 Å². The second-order valence-corrected chi connectivity index (χ2v) is 6.52. The second kappa shape index (κ2) is 7.30. The lowest BCUT2D eigenvalue weighted by molar-refractivity contribution is -0.136. The molecule has 0 radical (unpaired) electrons. The number of carbonyl (C=O) groups is 1. The Balaban J connectivity index is 2.15. The Labute approximate surface area is 135 Å². The molecular weight excluding hydrogens is 350 g/mol. The number of hydrogen-bond acceptors (Lipinski definition) is 3. The molecule has 0 spiro atoms. The van der Waals surface area contributed by atoms with Gasteiger partial charge in [0, 0.05) is 9.37 Å². The zero-order valence-electron chi connectivity index (χ0n) is 11.0. The molecule has 2 aromatic rings. The molecule has 0 bridgehead atoms. The quantitative estimate of drug-likeness (QED) is 0.814. The minimum atomic E-state index is -0.843. The first-order valence-electron chi connectivity index (χ1n) is 6.23. The van der Waals surface area contributed by atoms with Crippen LogP contribution in [-0.2, 0) is 11.2 Å². The van der Waals surface area contributed by atoms with Crippen molar-refractivity contribution in [3.63, 3.8) is 0 Å². The first kappa shape index (κ1) is 15.6. The summed E-state index contributed by atoms with van der Waals surface area (Å²) in [5, 5.41) is 17.7. The Morgan fingerprint density at radius 2 is 2.00 bits per heavy atom. The topological polar surface area (TPSA) is 61.1 Å². The molecule has 0 heterocycles. The van der Waals surface area contributed by atoms with Crippen LogP contribution in [-0.4, -0.2) is 16.3 Å². The van der Waals surface area contributed by atoms with Gasteiger partial charge in [0.25, 0.3) is 0 Å². The van der Waals surface area contributed by atoms with E-state index in [1.165, 1.54) is 11.8 Å². The molecule has 0 saturated carbocycles. The SMILES string of the molecule is N#Cc1ccc(SC(Cc2ccccc2)C(=O)O)cc1Br. The molecule has 106 valence electrons. The van der Waals surface area contributed by atoms with Crippen molar-refractivity contribution in [3.8, 4) is 6.07 Å². The van der Waals surface area contributed by atoms with Crippen molar-refractivity contribution >= 4 is 33.7 Å². The smallest absolute Gasteiger partial charge is 0.317 e. The minimum Gasteiger partial charge on any atom is -0.480 e. The lowest BCUT2D eigenvalue weighted by Gasteiger charge is -2.12. The number of carboxylic acid groups (broad SMARTS) is 1. The number of benzene rings is 2. The number of thioether (sulfide) groups is 1. The van der Waals surface area contributed by atoms with Crippen molar-refractivity contribution < 1.29 is 9.90 Å². The fraction of sp³-hybridized carbons (Fsp3) is 0.125. The Morgan fingerprint density at radius 3 is 2.57 bits per heavy atom. The normalized spacial score (nSPS) is 11.6. The monoisotopic (exact) mass is 361 g/mol. The zero-order valence-corrected chi connectivity index (χ0v) is 13.4. The van der Waals surface area contributed by atoms with E-state index in [1.807, 2.05) is 30.3 Å². The van der Waals surface area contributed by atoms with Gasteiger partial charge in [0.2, 0.25) is 0 Å². The van der Waals surface area contributed by atoms with Crippen molar-refractivity contribution in [3.05, 3.63) is 64.1 Å². The molecule has 0 aliphatic carbocycles. The summed E-state index contributed by atoms with van der Waals surface area (Å²) < 4.78 is 0.679. The van der Waals surface area contributed by atoms with Gasteiger partial charge in [0.1, 0.15) is 11.3 Å². The van der Waals surface area contributed by atoms with E-state index in [1.54, 1.807) is 18.2 Å². The van der Waals surface area contributed by atoms with Crippen LogP contribution < -0.4 is 0 Å². The first-order chi connectivity index (χ1) is 10.1. The summed E-state index contributed by atoms with van der Waals surface area (Å²) in [6.45, 7) is 0. The number of nitriles is 1. The molecule has 1 atom stereocenters. The van der Waals surface area contributed by atoms with Crippen molar-refractivity contribution in [1.29, 1.82) is 5.26 Å². The highest BCUT2D eigenvalue weighted by molar-refractivity contribution is 9.10. The number of hydrogen-bond donors (Lipinski definition) is 1. The standard InChI is InChI=1S/C16H12BrNO2S/c17-14-9-13(7-6-12(14)10-18)21-15(16(19)20)8-11-4-2-1-3-5-11/h1-7,9,15H,8H2,(H,19,20). The molecule has 0 saturated heterocycles. The summed E-state index contributed by atoms with van der Waals surface area (Å²) in [6, 6.07) is 16.9. The molecule has 0 aliphatic heterocycles. The van der Waals surface area contributed by atoms with Crippen LogP contribution in [0.1, 0.15) is 11.1 Å². The zero-order chi connectivity index (χ0) is 15.2. The first-order valence-corrected chi connectivity index (χ1v) is 7.90. The minimum absolute atomic E-state index is 0.457. The summed E-state index contributed by atoms with van der Waals surface area (Å²) >= 11 is 4.60. The van der Waals surface area contributed by atoms with Gasteiger partial charge < -0.3 is 5.11 Å². The van der Waals surface area contributed by atoms with Gasteiger partial charge in [0.15, 0.2) is 0 Å². The maximum atomic E-state index is 11.4. The molecule has 21 heavy (non-hydrogen) atoms. The maximum absolute atomic E-state index is 11.4. The van der Waals surface area contributed by atoms with Gasteiger partial charge in [-0.2, -0.15) is 5.26 Å². The molecule has 0 amide bonds. The van der Waals surface area contributed by atoms with E-state index in [0.29, 0.717) is 16.5 Å². The molecule has 0 fully saturated rings. The van der Waals surface area contributed by atoms with Crippen LogP contribution in [0.2, 0.25) is 0 Å². The average Bonchev–Trinajstić information content (AvgIpc) is 2.48. The molecule has 2 rings (SSSR count). The van der Waals surface area contributed by atoms with Gasteiger partial charge >= 0.3 is 5.97 Å². The van der Waals surface area contributed by atoms with Gasteiger partial charge in [0.05, 0.1) is 5.56 Å². The number of rotatable bonds is 5. The maximum Gasteiger partial charge on any atom is 0.317 e. The summed E-state index contributed by atoms with van der Waals surface area (Å²) in [5.74, 6) is -0.843. The van der Waals surface area contributed by atoms with Crippen LogP contribution in [0, 0.1) is 11.3 Å². The average molecular weight is 362 g/mol. The number of nitrogens with zero attached hydrogens (tertiary/aromatic N) is 1. The van der Waals surface area contributed by atoms with Gasteiger partial charge in [-0.15, -0.1) is 11.8 Å². The second-order valence-electron chi connectivity index (χ2n) is 4.39. The summed E-state index contributed by atoms with van der Waals surface area (Å²) in [7, 11) is 0. The lowest BCUT2D eigenvalue weighted by atomic mass is 10.1. The number of halogens is 1. The molecule has 3 nitrogen and oxygen atoms in total. The molecule has 1 unspecified atom stereocenters. The van der Waals surface area contributed by atoms with Crippen LogP contribution in [0.3, 0.4) is 0 Å². The highest BCUT2D eigenvalue weighted by Gasteiger charge is 2.19. The van der Waals surface area contributed by atoms with Crippen LogP contribution in [0.25, 0.3) is 0 Å². The largest absolute Gasteiger partial charge is 0.480 e. The van der Waals surface area contributed by atoms with E-state index in [0.717, 1.165) is 10.5 Å². The van der Waals surface area contributed by atoms with Gasteiger partial charge in [-0.3, -0.25) is 4.79 Å². The Hall–Kier alpha value is -1.77. The fourth-order valence-electron chi connectivity index (χ4n) is 1.83. The van der Waals surface area contributed by atoms with Gasteiger partial charge in [-0.05, 0) is 46.1 Å². The van der Waals surface area contributed by atoms with Crippen molar-refractivity contribution in [2.45, 2.75) is 16.6 Å². The summed E-state index contributed by atoms with van der Waals surface area (Å²) in [4.78, 5) is 12.3. The van der Waals surface area contributed by atoms with E-state index < -0.39 is 11.2 Å². The van der Waals surface area contributed by atoms with Crippen LogP contribution in [0.15, 0.2) is 57.9 Å². The fourth-order valence-corrected chi connectivity index (χ4v) is 3.49. The molecule has 2 aromatic carbocycles. The van der Waals surface area contributed by atoms with Gasteiger partial charge in [-0.25, -0.2) is 0 Å².